The lowest BCUT2D eigenvalue weighted by molar-refractivity contribution is -0.144. The molecule has 9 heteroatoms. The Morgan fingerprint density at radius 2 is 1.81 bits per heavy atom. The first kappa shape index (κ1) is 22.3. The van der Waals surface area contributed by atoms with Gasteiger partial charge in [0.05, 0.1) is 11.0 Å². The highest BCUT2D eigenvalue weighted by molar-refractivity contribution is 7.92. The molecule has 31 heavy (non-hydrogen) atoms. The summed E-state index contributed by atoms with van der Waals surface area (Å²) in [5.41, 5.74) is 2.27. The van der Waals surface area contributed by atoms with Crippen molar-refractivity contribution >= 4 is 33.0 Å². The van der Waals surface area contributed by atoms with E-state index in [-0.39, 0.29) is 10.9 Å². The number of amides is 2. The van der Waals surface area contributed by atoms with Gasteiger partial charge in [0.15, 0.2) is 9.84 Å². The Bertz CT molecular complexity index is 1140. The molecule has 2 aromatic rings. The van der Waals surface area contributed by atoms with Gasteiger partial charge in [-0.3, -0.25) is 9.59 Å². The highest BCUT2D eigenvalue weighted by atomic mass is 32.2. The summed E-state index contributed by atoms with van der Waals surface area (Å²) in [6.07, 6.45) is 0. The summed E-state index contributed by atoms with van der Waals surface area (Å²) < 4.78 is 24.5. The highest BCUT2D eigenvalue weighted by Crippen LogP contribution is 2.26. The van der Waals surface area contributed by atoms with Gasteiger partial charge in [0.1, 0.15) is 5.25 Å². The Morgan fingerprint density at radius 3 is 2.45 bits per heavy atom. The summed E-state index contributed by atoms with van der Waals surface area (Å²) in [6, 6.07) is 14.7. The molecule has 2 atom stereocenters. The zero-order valence-corrected chi connectivity index (χ0v) is 18.4. The van der Waals surface area contributed by atoms with E-state index in [1.165, 1.54) is 36.1 Å². The molecule has 0 saturated carbocycles. The molecule has 3 rings (SSSR count). The average Bonchev–Trinajstić information content (AvgIpc) is 2.88. The number of benzene rings is 2. The molecule has 0 spiro atoms. The van der Waals surface area contributed by atoms with Gasteiger partial charge < -0.3 is 15.1 Å². The molecule has 8 nitrogen and oxygen atoms in total. The number of rotatable bonds is 3. The Kier molecular flexibility index (Phi) is 6.32. The lowest BCUT2D eigenvalue weighted by atomic mass is 10.1. The molecule has 0 bridgehead atoms. The minimum absolute atomic E-state index is 0.0216. The van der Waals surface area contributed by atoms with Gasteiger partial charge in [-0.15, -0.1) is 0 Å². The second-order valence-corrected chi connectivity index (χ2v) is 9.85. The molecule has 162 valence electrons. The number of hydrogen-bond donors (Lipinski definition) is 1. The van der Waals surface area contributed by atoms with Crippen LogP contribution in [-0.2, 0) is 26.0 Å². The van der Waals surface area contributed by atoms with Gasteiger partial charge in [0, 0.05) is 37.6 Å². The fraction of sp³-hybridized carbons (Fsp3) is 0.318. The lowest BCUT2D eigenvalue weighted by Gasteiger charge is -2.28. The maximum atomic E-state index is 12.9. The van der Waals surface area contributed by atoms with Crippen LogP contribution in [-0.4, -0.2) is 50.0 Å². The molecule has 1 heterocycles. The third-order valence-electron chi connectivity index (χ3n) is 5.36. The third-order valence-corrected chi connectivity index (χ3v) is 7.32. The molecule has 2 aromatic carbocycles. The van der Waals surface area contributed by atoms with Crippen LogP contribution in [0.2, 0.25) is 0 Å². The van der Waals surface area contributed by atoms with E-state index >= 15 is 0 Å². The van der Waals surface area contributed by atoms with Crippen molar-refractivity contribution in [1.29, 1.82) is 5.26 Å². The van der Waals surface area contributed by atoms with Crippen LogP contribution in [0.3, 0.4) is 0 Å². The largest absolute Gasteiger partial charge is 0.372 e. The number of anilines is 2. The van der Waals surface area contributed by atoms with E-state index in [9.17, 15) is 18.0 Å². The second-order valence-electron chi connectivity index (χ2n) is 7.59. The first-order chi connectivity index (χ1) is 14.6. The topological polar surface area (TPSA) is 111 Å². The van der Waals surface area contributed by atoms with Crippen LogP contribution in [0.5, 0.6) is 0 Å². The Labute approximate surface area is 182 Å². The molecule has 1 aliphatic rings. The fourth-order valence-electron chi connectivity index (χ4n) is 3.54. The maximum absolute atomic E-state index is 12.9. The van der Waals surface area contributed by atoms with E-state index in [1.807, 2.05) is 38.2 Å². The van der Waals surface area contributed by atoms with Gasteiger partial charge in [0.25, 0.3) is 0 Å². The maximum Gasteiger partial charge on any atom is 0.313 e. The molecule has 1 N–H and O–H groups in total. The van der Waals surface area contributed by atoms with Crippen LogP contribution in [0.4, 0.5) is 11.4 Å². The number of nitrogens with one attached hydrogen (secondary N) is 1. The number of fused-ring (bicyclic) bond motifs is 1. The fourth-order valence-corrected chi connectivity index (χ4v) is 4.60. The molecule has 0 aromatic heterocycles. The number of carbonyl (C=O) groups is 2. The zero-order valence-electron chi connectivity index (χ0n) is 17.6. The van der Waals surface area contributed by atoms with E-state index in [0.717, 1.165) is 11.3 Å². The molecule has 0 unspecified atom stereocenters. The molecule has 0 fully saturated rings. The van der Waals surface area contributed by atoms with Crippen LogP contribution in [0.25, 0.3) is 0 Å². The van der Waals surface area contributed by atoms with Crippen molar-refractivity contribution in [3.05, 3.63) is 54.1 Å². The molecule has 1 aliphatic heterocycles. The van der Waals surface area contributed by atoms with Crippen molar-refractivity contribution in [1.82, 2.24) is 4.90 Å². The number of nitrogens with zero attached hydrogens (tertiary/aromatic N) is 3. The van der Waals surface area contributed by atoms with Gasteiger partial charge in [-0.2, -0.15) is 5.26 Å². The summed E-state index contributed by atoms with van der Waals surface area (Å²) in [4.78, 5) is 29.1. The predicted octanol–water partition coefficient (Wildman–Crippen LogP) is 2.18. The number of nitriles is 1. The third kappa shape index (κ3) is 4.54. The van der Waals surface area contributed by atoms with Gasteiger partial charge in [-0.1, -0.05) is 18.2 Å². The molecular weight excluding hydrogens is 416 g/mol. The van der Waals surface area contributed by atoms with Crippen molar-refractivity contribution in [2.45, 2.75) is 36.6 Å². The number of para-hydroxylation sites is 1. The number of hydrogen-bond acceptors (Lipinski definition) is 6. The minimum Gasteiger partial charge on any atom is -0.372 e. The van der Waals surface area contributed by atoms with Crippen molar-refractivity contribution < 1.29 is 18.0 Å². The average molecular weight is 441 g/mol. The summed E-state index contributed by atoms with van der Waals surface area (Å²) >= 11 is 0. The van der Waals surface area contributed by atoms with E-state index in [2.05, 4.69) is 10.2 Å². The minimum atomic E-state index is -3.77. The molecule has 2 amide bonds. The van der Waals surface area contributed by atoms with Crippen molar-refractivity contribution in [3.63, 3.8) is 0 Å². The van der Waals surface area contributed by atoms with Crippen LogP contribution < -0.4 is 10.2 Å². The second kappa shape index (κ2) is 8.78. The quantitative estimate of drug-likeness (QED) is 0.733. The molecule has 0 radical (unpaired) electrons. The van der Waals surface area contributed by atoms with E-state index in [0.29, 0.717) is 18.8 Å². The summed E-state index contributed by atoms with van der Waals surface area (Å²) in [6.45, 7) is 4.10. The van der Waals surface area contributed by atoms with Crippen LogP contribution in [0.1, 0.15) is 19.4 Å². The molecule has 0 saturated heterocycles. The summed E-state index contributed by atoms with van der Waals surface area (Å²) in [7, 11) is -1.82. The monoisotopic (exact) mass is 440 g/mol. The molecule has 0 aliphatic carbocycles. The van der Waals surface area contributed by atoms with Crippen molar-refractivity contribution in [2.24, 2.45) is 0 Å². The van der Waals surface area contributed by atoms with Gasteiger partial charge >= 0.3 is 11.8 Å². The number of likely N-dealkylation sites (N-methyl/N-ethyl adjacent to an activating group) is 1. The van der Waals surface area contributed by atoms with Gasteiger partial charge in [-0.05, 0) is 49.7 Å². The first-order valence-electron chi connectivity index (χ1n) is 9.79. The Balaban J connectivity index is 1.75. The molecular formula is C22H24N4O4S. The smallest absolute Gasteiger partial charge is 0.313 e. The zero-order chi connectivity index (χ0) is 22.8. The lowest BCUT2D eigenvalue weighted by Crippen LogP contribution is -2.46. The van der Waals surface area contributed by atoms with E-state index in [4.69, 9.17) is 5.26 Å². The number of carbonyl (C=O) groups excluding carboxylic acids is 2. The summed E-state index contributed by atoms with van der Waals surface area (Å²) in [5, 5.41) is 10.2. The van der Waals surface area contributed by atoms with Crippen LogP contribution in [0, 0.1) is 11.3 Å². The van der Waals surface area contributed by atoms with Crippen molar-refractivity contribution in [3.8, 4) is 6.07 Å². The SMILES string of the molecule is C[C@@H]1CN(C)c2ccccc2CN1C(=O)C(=O)Nc1ccc(S(=O)(=O)[C@@H](C)C#N)cc1. The predicted molar refractivity (Wildman–Crippen MR) is 117 cm³/mol. The highest BCUT2D eigenvalue weighted by Gasteiger charge is 2.31. The van der Waals surface area contributed by atoms with Gasteiger partial charge in [0.2, 0.25) is 0 Å². The van der Waals surface area contributed by atoms with Crippen molar-refractivity contribution in [2.75, 3.05) is 23.8 Å². The Hall–Kier alpha value is -3.38. The Morgan fingerprint density at radius 1 is 1.16 bits per heavy atom. The number of sulfone groups is 1. The normalized spacial score (nSPS) is 17.2. The standard InChI is InChI=1S/C22H24N4O4S/c1-15-13-25(3)20-7-5-4-6-17(20)14-26(15)22(28)21(27)24-18-8-10-19(11-9-18)31(29,30)16(2)12-23/h4-11,15-16H,13-14H2,1-3H3,(H,24,27)/t15-,16+/m1/s1. The van der Waals surface area contributed by atoms with E-state index in [1.54, 1.807) is 6.07 Å². The summed E-state index contributed by atoms with van der Waals surface area (Å²) in [5.74, 6) is -1.46. The van der Waals surface area contributed by atoms with Gasteiger partial charge in [-0.25, -0.2) is 8.42 Å². The van der Waals surface area contributed by atoms with Crippen LogP contribution in [0.15, 0.2) is 53.4 Å². The van der Waals surface area contributed by atoms with Crippen LogP contribution >= 0.6 is 0 Å². The first-order valence-corrected chi connectivity index (χ1v) is 11.3. The van der Waals surface area contributed by atoms with E-state index < -0.39 is 26.9 Å².